The number of hydrogen-bond donors (Lipinski definition) is 0. The van der Waals surface area contributed by atoms with Crippen molar-refractivity contribution in [3.05, 3.63) is 27.8 Å². The van der Waals surface area contributed by atoms with Crippen molar-refractivity contribution in [3.8, 4) is 5.75 Å². The highest BCUT2D eigenvalue weighted by atomic mass is 127. The molecule has 2 aliphatic carbocycles. The Balaban J connectivity index is 1.76. The zero-order valence-corrected chi connectivity index (χ0v) is 11.8. The fourth-order valence-electron chi connectivity index (χ4n) is 3.08. The van der Waals surface area contributed by atoms with Gasteiger partial charge >= 0.3 is 0 Å². The lowest BCUT2D eigenvalue weighted by Gasteiger charge is -2.44. The molecule has 90 valence electrons. The van der Waals surface area contributed by atoms with Crippen molar-refractivity contribution < 1.29 is 9.53 Å². The van der Waals surface area contributed by atoms with Crippen molar-refractivity contribution in [3.63, 3.8) is 0 Å². The third-order valence-corrected chi connectivity index (χ3v) is 4.78. The van der Waals surface area contributed by atoms with Gasteiger partial charge in [-0.3, -0.25) is 4.79 Å². The maximum Gasteiger partial charge on any atom is 0.146 e. The van der Waals surface area contributed by atoms with E-state index in [4.69, 9.17) is 4.74 Å². The molecule has 0 N–H and O–H groups in total. The molecule has 0 bridgehead atoms. The molecule has 3 rings (SSSR count). The largest absolute Gasteiger partial charge is 0.489 e. The number of halogens is 1. The van der Waals surface area contributed by atoms with Crippen molar-refractivity contribution in [2.45, 2.75) is 38.2 Å². The second kappa shape index (κ2) is 4.26. The van der Waals surface area contributed by atoms with Crippen molar-refractivity contribution in [2.75, 3.05) is 0 Å². The Morgan fingerprint density at radius 1 is 1.29 bits per heavy atom. The molecular weight excluding hydrogens is 327 g/mol. The summed E-state index contributed by atoms with van der Waals surface area (Å²) < 4.78 is 7.19. The van der Waals surface area contributed by atoms with Crippen LogP contribution in [0.25, 0.3) is 0 Å². The highest BCUT2D eigenvalue weighted by molar-refractivity contribution is 14.1. The maximum absolute atomic E-state index is 11.8. The average Bonchev–Trinajstić information content (AvgIpc) is 2.80. The van der Waals surface area contributed by atoms with E-state index in [0.29, 0.717) is 12.2 Å². The molecule has 0 saturated heterocycles. The van der Waals surface area contributed by atoms with Crippen LogP contribution in [0.15, 0.2) is 24.3 Å². The van der Waals surface area contributed by atoms with Gasteiger partial charge in [0.1, 0.15) is 17.6 Å². The molecule has 1 aromatic rings. The standard InChI is InChI=1S/C14H15IO2/c15-10-4-3-5-11(8-10)17-13-9-12(16)14(13)6-1-2-7-14/h3-5,8,13H,1-2,6-7,9H2. The Labute approximate surface area is 115 Å². The number of ether oxygens (including phenoxy) is 1. The molecule has 0 heterocycles. The van der Waals surface area contributed by atoms with Crippen LogP contribution in [-0.4, -0.2) is 11.9 Å². The summed E-state index contributed by atoms with van der Waals surface area (Å²) >= 11 is 2.28. The topological polar surface area (TPSA) is 26.3 Å². The predicted octanol–water partition coefficient (Wildman–Crippen LogP) is 3.57. The third kappa shape index (κ3) is 1.88. The second-order valence-corrected chi connectivity index (χ2v) is 6.30. The third-order valence-electron chi connectivity index (χ3n) is 4.11. The van der Waals surface area contributed by atoms with Crippen LogP contribution in [0.4, 0.5) is 0 Å². The van der Waals surface area contributed by atoms with E-state index in [1.165, 1.54) is 16.4 Å². The minimum atomic E-state index is -0.124. The van der Waals surface area contributed by atoms with Gasteiger partial charge in [0.25, 0.3) is 0 Å². The smallest absolute Gasteiger partial charge is 0.146 e. The number of Topliss-reactive ketones (excluding diaryl/α,β-unsaturated/α-hetero) is 1. The van der Waals surface area contributed by atoms with E-state index in [0.717, 1.165) is 18.6 Å². The number of ketones is 1. The fourth-order valence-corrected chi connectivity index (χ4v) is 3.60. The van der Waals surface area contributed by atoms with Gasteiger partial charge in [0, 0.05) is 9.99 Å². The molecular formula is C14H15IO2. The SMILES string of the molecule is O=C1CC(Oc2cccc(I)c2)C12CCCC2. The van der Waals surface area contributed by atoms with Gasteiger partial charge in [-0.15, -0.1) is 0 Å². The van der Waals surface area contributed by atoms with Gasteiger partial charge in [-0.25, -0.2) is 0 Å². The minimum Gasteiger partial charge on any atom is -0.489 e. The van der Waals surface area contributed by atoms with Gasteiger partial charge in [-0.1, -0.05) is 18.9 Å². The first-order chi connectivity index (χ1) is 8.21. The van der Waals surface area contributed by atoms with Crippen molar-refractivity contribution in [2.24, 2.45) is 5.41 Å². The monoisotopic (exact) mass is 342 g/mol. The van der Waals surface area contributed by atoms with Crippen molar-refractivity contribution in [1.29, 1.82) is 0 Å². The summed E-state index contributed by atoms with van der Waals surface area (Å²) in [6, 6.07) is 8.06. The first kappa shape index (κ1) is 11.5. The van der Waals surface area contributed by atoms with Crippen LogP contribution in [0, 0.1) is 8.99 Å². The van der Waals surface area contributed by atoms with Crippen LogP contribution in [0.2, 0.25) is 0 Å². The molecule has 17 heavy (non-hydrogen) atoms. The van der Waals surface area contributed by atoms with Gasteiger partial charge in [-0.05, 0) is 53.6 Å². The normalized spacial score (nSPS) is 25.9. The number of carbonyl (C=O) groups excluding carboxylic acids is 1. The van der Waals surface area contributed by atoms with Gasteiger partial charge < -0.3 is 4.74 Å². The van der Waals surface area contributed by atoms with E-state index in [1.54, 1.807) is 0 Å². The maximum atomic E-state index is 11.8. The predicted molar refractivity (Wildman–Crippen MR) is 74.1 cm³/mol. The van der Waals surface area contributed by atoms with Gasteiger partial charge in [-0.2, -0.15) is 0 Å². The molecule has 1 aromatic carbocycles. The van der Waals surface area contributed by atoms with E-state index >= 15 is 0 Å². The van der Waals surface area contributed by atoms with E-state index in [-0.39, 0.29) is 11.5 Å². The summed E-state index contributed by atoms with van der Waals surface area (Å²) in [5.74, 6) is 1.33. The Hall–Kier alpha value is -0.580. The zero-order chi connectivity index (χ0) is 11.9. The average molecular weight is 342 g/mol. The molecule has 3 heteroatoms. The highest BCUT2D eigenvalue weighted by Gasteiger charge is 2.57. The van der Waals surface area contributed by atoms with Crippen LogP contribution < -0.4 is 4.74 Å². The van der Waals surface area contributed by atoms with Crippen LogP contribution in [0.5, 0.6) is 5.75 Å². The summed E-state index contributed by atoms with van der Waals surface area (Å²) in [7, 11) is 0. The Morgan fingerprint density at radius 3 is 2.71 bits per heavy atom. The summed E-state index contributed by atoms with van der Waals surface area (Å²) in [6.45, 7) is 0. The van der Waals surface area contributed by atoms with E-state index < -0.39 is 0 Å². The summed E-state index contributed by atoms with van der Waals surface area (Å²) in [5, 5.41) is 0. The number of hydrogen-bond acceptors (Lipinski definition) is 2. The molecule has 0 aliphatic heterocycles. The molecule has 2 fully saturated rings. The Kier molecular flexibility index (Phi) is 2.89. The van der Waals surface area contributed by atoms with Crippen molar-refractivity contribution in [1.82, 2.24) is 0 Å². The molecule has 0 amide bonds. The second-order valence-electron chi connectivity index (χ2n) is 5.05. The number of carbonyl (C=O) groups is 1. The Bertz CT molecular complexity index is 449. The van der Waals surface area contributed by atoms with Gasteiger partial charge in [0.05, 0.1) is 5.41 Å². The summed E-state index contributed by atoms with van der Waals surface area (Å²) in [6.07, 6.45) is 5.14. The highest BCUT2D eigenvalue weighted by Crippen LogP contribution is 2.51. The number of benzene rings is 1. The molecule has 2 saturated carbocycles. The molecule has 2 aliphatic rings. The quantitative estimate of drug-likeness (QED) is 0.768. The van der Waals surface area contributed by atoms with Crippen molar-refractivity contribution >= 4 is 28.4 Å². The van der Waals surface area contributed by atoms with E-state index in [9.17, 15) is 4.79 Å². The molecule has 0 radical (unpaired) electrons. The lowest BCUT2D eigenvalue weighted by Crippen LogP contribution is -2.55. The lowest BCUT2D eigenvalue weighted by atomic mass is 9.63. The molecule has 2 nitrogen and oxygen atoms in total. The number of rotatable bonds is 2. The molecule has 1 spiro atoms. The van der Waals surface area contributed by atoms with E-state index in [2.05, 4.69) is 22.6 Å². The van der Waals surface area contributed by atoms with Crippen LogP contribution in [0.1, 0.15) is 32.1 Å². The van der Waals surface area contributed by atoms with Crippen LogP contribution in [0.3, 0.4) is 0 Å². The molecule has 1 unspecified atom stereocenters. The fraction of sp³-hybridized carbons (Fsp3) is 0.500. The lowest BCUT2D eigenvalue weighted by molar-refractivity contribution is -0.151. The first-order valence-electron chi connectivity index (χ1n) is 6.16. The van der Waals surface area contributed by atoms with Crippen LogP contribution >= 0.6 is 22.6 Å². The molecule has 1 atom stereocenters. The summed E-state index contributed by atoms with van der Waals surface area (Å²) in [5.41, 5.74) is -0.124. The van der Waals surface area contributed by atoms with E-state index in [1.807, 2.05) is 24.3 Å². The zero-order valence-electron chi connectivity index (χ0n) is 9.62. The van der Waals surface area contributed by atoms with Gasteiger partial charge in [0.15, 0.2) is 0 Å². The molecule has 0 aromatic heterocycles. The minimum absolute atomic E-state index is 0.121. The Morgan fingerprint density at radius 2 is 2.06 bits per heavy atom. The van der Waals surface area contributed by atoms with Crippen LogP contribution in [-0.2, 0) is 4.79 Å². The van der Waals surface area contributed by atoms with Gasteiger partial charge in [0.2, 0.25) is 0 Å². The first-order valence-corrected chi connectivity index (χ1v) is 7.24. The summed E-state index contributed by atoms with van der Waals surface area (Å²) in [4.78, 5) is 11.8.